The molecule has 24 heavy (non-hydrogen) atoms. The van der Waals surface area contributed by atoms with Crippen LogP contribution in [-0.2, 0) is 6.42 Å². The molecule has 0 amide bonds. The van der Waals surface area contributed by atoms with Gasteiger partial charge in [0.05, 0.1) is 25.4 Å². The maximum absolute atomic E-state index is 9.17. The van der Waals surface area contributed by atoms with Gasteiger partial charge in [0, 0.05) is 0 Å². The molecule has 1 rings (SSSR count). The third-order valence-corrected chi connectivity index (χ3v) is 3.73. The van der Waals surface area contributed by atoms with E-state index in [0.29, 0.717) is 13.0 Å². The molecule has 0 aliphatic carbocycles. The molecule has 0 aliphatic heterocycles. The fourth-order valence-corrected chi connectivity index (χ4v) is 2.07. The van der Waals surface area contributed by atoms with Gasteiger partial charge in [0.15, 0.2) is 0 Å². The van der Waals surface area contributed by atoms with Crippen LogP contribution in [0, 0.1) is 0 Å². The lowest BCUT2D eigenvalue weighted by Gasteiger charge is -2.24. The summed E-state index contributed by atoms with van der Waals surface area (Å²) in [5.74, 6) is 0.863. The van der Waals surface area contributed by atoms with Crippen LogP contribution in [0.2, 0.25) is 0 Å². The third-order valence-electron chi connectivity index (χ3n) is 3.73. The van der Waals surface area contributed by atoms with Gasteiger partial charge in [-0.25, -0.2) is 0 Å². The minimum absolute atomic E-state index is 0.213. The first-order valence-electron chi connectivity index (χ1n) is 8.86. The zero-order valence-corrected chi connectivity index (χ0v) is 15.6. The Labute approximate surface area is 147 Å². The number of allylic oxidation sites excluding steroid dienone is 1. The first kappa shape index (κ1) is 22.6. The van der Waals surface area contributed by atoms with E-state index in [2.05, 4.69) is 6.58 Å². The number of hydrogen-bond acceptors (Lipinski definition) is 4. The summed E-state index contributed by atoms with van der Waals surface area (Å²) in [5.41, 5.74) is 7.29. The summed E-state index contributed by atoms with van der Waals surface area (Å²) in [6, 6.07) is 7.89. The minimum Gasteiger partial charge on any atom is -0.494 e. The highest BCUT2D eigenvalue weighted by atomic mass is 16.5. The van der Waals surface area contributed by atoms with Crippen LogP contribution in [0.5, 0.6) is 5.75 Å². The molecule has 0 unspecified atom stereocenters. The monoisotopic (exact) mass is 337 g/mol. The highest BCUT2D eigenvalue weighted by Crippen LogP contribution is 2.16. The van der Waals surface area contributed by atoms with Crippen molar-refractivity contribution in [2.45, 2.75) is 58.4 Å². The number of aliphatic hydroxyl groups is 2. The normalized spacial score (nSPS) is 10.8. The van der Waals surface area contributed by atoms with Gasteiger partial charge in [-0.15, -0.1) is 6.58 Å². The Morgan fingerprint density at radius 2 is 1.71 bits per heavy atom. The number of aliphatic hydroxyl groups excluding tert-OH is 2. The minimum atomic E-state index is -0.904. The number of rotatable bonds is 11. The van der Waals surface area contributed by atoms with Crippen LogP contribution in [0.15, 0.2) is 36.4 Å². The van der Waals surface area contributed by atoms with E-state index in [1.165, 1.54) is 5.57 Å². The van der Waals surface area contributed by atoms with Crippen LogP contribution >= 0.6 is 0 Å². The van der Waals surface area contributed by atoms with E-state index in [1.54, 1.807) is 0 Å². The second kappa shape index (κ2) is 13.0. The van der Waals surface area contributed by atoms with Gasteiger partial charge in [0.1, 0.15) is 5.75 Å². The predicted octanol–water partition coefficient (Wildman–Crippen LogP) is 3.45. The summed E-state index contributed by atoms with van der Waals surface area (Å²) < 4.78 is 5.70. The lowest BCUT2D eigenvalue weighted by atomic mass is 9.94. The van der Waals surface area contributed by atoms with E-state index < -0.39 is 5.54 Å². The molecular weight excluding hydrogens is 302 g/mol. The van der Waals surface area contributed by atoms with Gasteiger partial charge >= 0.3 is 0 Å². The van der Waals surface area contributed by atoms with E-state index in [-0.39, 0.29) is 13.2 Å². The fraction of sp³-hybridized carbons (Fsp3) is 0.600. The molecule has 0 aliphatic rings. The second-order valence-corrected chi connectivity index (χ2v) is 6.09. The first-order valence-corrected chi connectivity index (χ1v) is 8.86. The summed E-state index contributed by atoms with van der Waals surface area (Å²) in [4.78, 5) is 0. The van der Waals surface area contributed by atoms with Crippen LogP contribution < -0.4 is 10.5 Å². The van der Waals surface area contributed by atoms with Crippen LogP contribution in [-0.4, -0.2) is 35.6 Å². The average molecular weight is 338 g/mol. The van der Waals surface area contributed by atoms with Gasteiger partial charge in [0.25, 0.3) is 0 Å². The van der Waals surface area contributed by atoms with Crippen LogP contribution in [0.4, 0.5) is 0 Å². The summed E-state index contributed by atoms with van der Waals surface area (Å²) in [5, 5.41) is 18.3. The summed E-state index contributed by atoms with van der Waals surface area (Å²) in [6.07, 6.45) is 4.45. The highest BCUT2D eigenvalue weighted by molar-refractivity contribution is 5.27. The zero-order chi connectivity index (χ0) is 18.4. The van der Waals surface area contributed by atoms with Gasteiger partial charge in [-0.3, -0.25) is 0 Å². The molecule has 0 saturated heterocycles. The lowest BCUT2D eigenvalue weighted by Crippen LogP contribution is -2.47. The largest absolute Gasteiger partial charge is 0.494 e. The van der Waals surface area contributed by atoms with Crippen LogP contribution in [0.3, 0.4) is 0 Å². The molecule has 1 aromatic rings. The molecule has 0 heterocycles. The number of unbranched alkanes of at least 4 members (excludes halogenated alkanes) is 1. The molecule has 0 fully saturated rings. The predicted molar refractivity (Wildman–Crippen MR) is 101 cm³/mol. The van der Waals surface area contributed by atoms with E-state index in [9.17, 15) is 10.2 Å². The molecule has 138 valence electrons. The van der Waals surface area contributed by atoms with E-state index in [0.717, 1.165) is 37.0 Å². The maximum atomic E-state index is 9.17. The van der Waals surface area contributed by atoms with Crippen LogP contribution in [0.1, 0.15) is 52.0 Å². The Bertz CT molecular complexity index is 439. The third kappa shape index (κ3) is 9.71. The number of ether oxygens (including phenoxy) is 1. The van der Waals surface area contributed by atoms with Gasteiger partial charge < -0.3 is 20.7 Å². The topological polar surface area (TPSA) is 75.7 Å². The van der Waals surface area contributed by atoms with Crippen molar-refractivity contribution in [1.29, 1.82) is 0 Å². The Morgan fingerprint density at radius 3 is 2.21 bits per heavy atom. The number of aryl methyl sites for hydroxylation is 1. The van der Waals surface area contributed by atoms with Crippen molar-refractivity contribution >= 4 is 0 Å². The molecule has 0 atom stereocenters. The number of nitrogens with two attached hydrogens (primary N) is 1. The smallest absolute Gasteiger partial charge is 0.119 e. The zero-order valence-electron chi connectivity index (χ0n) is 15.6. The van der Waals surface area contributed by atoms with E-state index in [1.807, 2.05) is 45.0 Å². The first-order chi connectivity index (χ1) is 11.5. The van der Waals surface area contributed by atoms with Crippen molar-refractivity contribution in [3.8, 4) is 5.75 Å². The number of hydrogen-bond donors (Lipinski definition) is 3. The molecule has 0 aromatic heterocycles. The van der Waals surface area contributed by atoms with Gasteiger partial charge in [0.2, 0.25) is 0 Å². The molecule has 4 N–H and O–H groups in total. The van der Waals surface area contributed by atoms with Gasteiger partial charge in [-0.1, -0.05) is 31.6 Å². The van der Waals surface area contributed by atoms with Gasteiger partial charge in [-0.2, -0.15) is 0 Å². The van der Waals surface area contributed by atoms with Crippen molar-refractivity contribution in [2.24, 2.45) is 5.73 Å². The second-order valence-electron chi connectivity index (χ2n) is 6.09. The van der Waals surface area contributed by atoms with Crippen molar-refractivity contribution in [2.75, 3.05) is 19.8 Å². The fourth-order valence-electron chi connectivity index (χ4n) is 2.07. The van der Waals surface area contributed by atoms with E-state index >= 15 is 0 Å². The maximum Gasteiger partial charge on any atom is 0.119 e. The SMILES string of the molecule is C=C(C)CCCCOc1ccc(CCC(N)(CO)CO)cc1.CC. The van der Waals surface area contributed by atoms with Crippen molar-refractivity contribution < 1.29 is 14.9 Å². The summed E-state index contributed by atoms with van der Waals surface area (Å²) >= 11 is 0. The summed E-state index contributed by atoms with van der Waals surface area (Å²) in [7, 11) is 0. The Balaban J connectivity index is 0.00000254. The molecule has 0 radical (unpaired) electrons. The molecule has 0 saturated carbocycles. The molecule has 0 spiro atoms. The molecule has 0 bridgehead atoms. The lowest BCUT2D eigenvalue weighted by molar-refractivity contribution is 0.115. The van der Waals surface area contributed by atoms with E-state index in [4.69, 9.17) is 10.5 Å². The van der Waals surface area contributed by atoms with Crippen molar-refractivity contribution in [3.63, 3.8) is 0 Å². The Kier molecular flexibility index (Phi) is 12.3. The highest BCUT2D eigenvalue weighted by Gasteiger charge is 2.22. The molecule has 4 heteroatoms. The van der Waals surface area contributed by atoms with Crippen LogP contribution in [0.25, 0.3) is 0 Å². The standard InChI is InChI=1S/C18H29NO3.C2H6/c1-15(2)5-3-4-12-22-17-8-6-16(7-9-17)10-11-18(19,13-20)14-21;1-2/h6-9,20-21H,1,3-5,10-14,19H2,2H3;1-2H3. The average Bonchev–Trinajstić information content (AvgIpc) is 2.62. The number of benzene rings is 1. The van der Waals surface area contributed by atoms with Crippen molar-refractivity contribution in [3.05, 3.63) is 42.0 Å². The van der Waals surface area contributed by atoms with Gasteiger partial charge in [-0.05, 0) is 56.7 Å². The molecular formula is C20H35NO3. The van der Waals surface area contributed by atoms with Crippen molar-refractivity contribution in [1.82, 2.24) is 0 Å². The summed E-state index contributed by atoms with van der Waals surface area (Å²) in [6.45, 7) is 10.2. The quantitative estimate of drug-likeness (QED) is 0.427. The molecule has 1 aromatic carbocycles. The molecule has 4 nitrogen and oxygen atoms in total. The Morgan fingerprint density at radius 1 is 1.12 bits per heavy atom. The Hall–Kier alpha value is -1.36.